The summed E-state index contributed by atoms with van der Waals surface area (Å²) in [5.74, 6) is 0. The van der Waals surface area contributed by atoms with E-state index in [1.54, 1.807) is 0 Å². The third kappa shape index (κ3) is 2.23. The van der Waals surface area contributed by atoms with E-state index in [0.29, 0.717) is 0 Å². The molecule has 0 saturated heterocycles. The van der Waals surface area contributed by atoms with Crippen LogP contribution in [0.25, 0.3) is 0 Å². The Labute approximate surface area is 130 Å². The lowest BCUT2D eigenvalue weighted by atomic mass is 10.3. The van der Waals surface area contributed by atoms with Gasteiger partial charge >= 0.3 is 8.24 Å². The topological polar surface area (TPSA) is 43.1 Å². The van der Waals surface area contributed by atoms with Crippen LogP contribution in [0.5, 0.6) is 0 Å². The van der Waals surface area contributed by atoms with Crippen molar-refractivity contribution in [1.29, 1.82) is 0 Å². The van der Waals surface area contributed by atoms with E-state index in [0.717, 1.165) is 15.6 Å². The third-order valence-corrected chi connectivity index (χ3v) is 7.90. The Kier molecular flexibility index (Phi) is 3.85. The van der Waals surface area contributed by atoms with E-state index in [2.05, 4.69) is 0 Å². The van der Waals surface area contributed by atoms with Gasteiger partial charge in [-0.15, -0.1) is 0 Å². The first-order valence-corrected chi connectivity index (χ1v) is 9.02. The van der Waals surface area contributed by atoms with Crippen LogP contribution in [0.1, 0.15) is 0 Å². The molecular formula is C18H15NO2Si. The van der Waals surface area contributed by atoms with E-state index in [1.807, 2.05) is 91.0 Å². The maximum atomic E-state index is 12.3. The van der Waals surface area contributed by atoms with Crippen LogP contribution in [0.15, 0.2) is 91.0 Å². The molecule has 0 fully saturated rings. The number of hydrogen-bond donors (Lipinski definition) is 0. The van der Waals surface area contributed by atoms with Crippen molar-refractivity contribution in [3.63, 3.8) is 0 Å². The second kappa shape index (κ2) is 5.95. The monoisotopic (exact) mass is 305 g/mol. The van der Waals surface area contributed by atoms with E-state index in [-0.39, 0.29) is 4.59 Å². The average molecular weight is 305 g/mol. The molecule has 0 N–H and O–H groups in total. The van der Waals surface area contributed by atoms with Gasteiger partial charge in [0.1, 0.15) is 0 Å². The number of rotatable bonds is 4. The summed E-state index contributed by atoms with van der Waals surface area (Å²) < 4.78 is -0.0625. The molecule has 0 radical (unpaired) electrons. The van der Waals surface area contributed by atoms with Crippen molar-refractivity contribution in [2.45, 2.75) is 0 Å². The van der Waals surface area contributed by atoms with Crippen molar-refractivity contribution in [2.24, 2.45) is 0 Å². The standard InChI is InChI=1S/C18H15NO2Si/c20-19(21)22(16-10-4-1-5-11-16,17-12-6-2-7-13-17)18-14-8-3-9-15-18/h1-15H. The Morgan fingerprint density at radius 1 is 0.591 bits per heavy atom. The molecule has 0 unspecified atom stereocenters. The first-order valence-electron chi connectivity index (χ1n) is 7.07. The number of hydrogen-bond acceptors (Lipinski definition) is 2. The van der Waals surface area contributed by atoms with Crippen molar-refractivity contribution in [3.05, 3.63) is 101 Å². The van der Waals surface area contributed by atoms with Gasteiger partial charge in [0, 0.05) is 15.6 Å². The van der Waals surface area contributed by atoms with Gasteiger partial charge in [-0.25, -0.2) is 0 Å². The number of benzene rings is 3. The summed E-state index contributed by atoms with van der Waals surface area (Å²) in [4.78, 5) is 12.3. The Hall–Kier alpha value is -2.72. The van der Waals surface area contributed by atoms with Crippen molar-refractivity contribution in [1.82, 2.24) is 0 Å². The summed E-state index contributed by atoms with van der Waals surface area (Å²) in [7, 11) is -3.28. The largest absolute Gasteiger partial charge is 0.520 e. The lowest BCUT2D eigenvalue weighted by Gasteiger charge is -2.22. The molecule has 0 heterocycles. The third-order valence-electron chi connectivity index (χ3n) is 3.85. The van der Waals surface area contributed by atoms with Crippen LogP contribution in [-0.2, 0) is 0 Å². The molecule has 3 aromatic carbocycles. The van der Waals surface area contributed by atoms with E-state index >= 15 is 0 Å². The molecule has 0 atom stereocenters. The summed E-state index contributed by atoms with van der Waals surface area (Å²) in [5.41, 5.74) is 0. The van der Waals surface area contributed by atoms with Crippen LogP contribution in [0.2, 0.25) is 0 Å². The maximum Gasteiger partial charge on any atom is 0.520 e. The Morgan fingerprint density at radius 3 is 1.09 bits per heavy atom. The van der Waals surface area contributed by atoms with Crippen molar-refractivity contribution in [2.75, 3.05) is 0 Å². The van der Waals surface area contributed by atoms with Gasteiger partial charge in [0.2, 0.25) is 0 Å². The highest BCUT2D eigenvalue weighted by atomic mass is 28.3. The van der Waals surface area contributed by atoms with E-state index in [1.165, 1.54) is 0 Å². The Bertz CT molecular complexity index is 664. The number of nitrogens with zero attached hydrogens (tertiary/aromatic N) is 1. The molecule has 0 aliphatic rings. The second-order valence-corrected chi connectivity index (χ2v) is 8.58. The van der Waals surface area contributed by atoms with Crippen molar-refractivity contribution >= 4 is 23.8 Å². The molecule has 0 aliphatic carbocycles. The van der Waals surface area contributed by atoms with Crippen LogP contribution >= 0.6 is 0 Å². The summed E-state index contributed by atoms with van der Waals surface area (Å²) in [5, 5.41) is 14.7. The molecule has 4 heteroatoms. The fraction of sp³-hybridized carbons (Fsp3) is 0. The van der Waals surface area contributed by atoms with Crippen LogP contribution in [0.3, 0.4) is 0 Å². The zero-order chi connectivity index (χ0) is 15.4. The fourth-order valence-electron chi connectivity index (χ4n) is 2.85. The average Bonchev–Trinajstić information content (AvgIpc) is 2.58. The van der Waals surface area contributed by atoms with Gasteiger partial charge in [-0.1, -0.05) is 91.0 Å². The van der Waals surface area contributed by atoms with Crippen LogP contribution in [0.4, 0.5) is 0 Å². The molecule has 0 saturated carbocycles. The smallest absolute Gasteiger partial charge is 0.288 e. The number of nitro groups is 1. The molecular weight excluding hydrogens is 290 g/mol. The van der Waals surface area contributed by atoms with Gasteiger partial charge in [0.05, 0.1) is 0 Å². The molecule has 22 heavy (non-hydrogen) atoms. The quantitative estimate of drug-likeness (QED) is 0.320. The van der Waals surface area contributed by atoms with E-state index < -0.39 is 8.24 Å². The van der Waals surface area contributed by atoms with Crippen LogP contribution in [0, 0.1) is 10.1 Å². The fourth-order valence-corrected chi connectivity index (χ4v) is 6.51. The van der Waals surface area contributed by atoms with Gasteiger partial charge in [-0.2, -0.15) is 0 Å². The molecule has 0 aromatic heterocycles. The lowest BCUT2D eigenvalue weighted by Crippen LogP contribution is -2.72. The zero-order valence-corrected chi connectivity index (χ0v) is 12.9. The highest BCUT2D eigenvalue weighted by Crippen LogP contribution is 2.08. The summed E-state index contributed by atoms with van der Waals surface area (Å²) in [6.07, 6.45) is 0. The van der Waals surface area contributed by atoms with Gasteiger partial charge in [-0.05, 0) is 4.59 Å². The summed E-state index contributed by atoms with van der Waals surface area (Å²) >= 11 is 0. The predicted molar refractivity (Wildman–Crippen MR) is 91.0 cm³/mol. The van der Waals surface area contributed by atoms with Crippen LogP contribution < -0.4 is 15.6 Å². The molecule has 3 nitrogen and oxygen atoms in total. The van der Waals surface area contributed by atoms with Gasteiger partial charge in [0.15, 0.2) is 0 Å². The molecule has 0 amide bonds. The normalized spacial score (nSPS) is 11.1. The molecule has 0 aliphatic heterocycles. The highest BCUT2D eigenvalue weighted by Gasteiger charge is 2.56. The van der Waals surface area contributed by atoms with E-state index in [4.69, 9.17) is 0 Å². The molecule has 0 bridgehead atoms. The van der Waals surface area contributed by atoms with Gasteiger partial charge in [-0.3, -0.25) is 10.1 Å². The highest BCUT2D eigenvalue weighted by molar-refractivity contribution is 7.05. The molecule has 108 valence electrons. The van der Waals surface area contributed by atoms with Crippen molar-refractivity contribution in [3.8, 4) is 0 Å². The van der Waals surface area contributed by atoms with Gasteiger partial charge in [0.25, 0.3) is 0 Å². The lowest BCUT2D eigenvalue weighted by molar-refractivity contribution is -0.332. The summed E-state index contributed by atoms with van der Waals surface area (Å²) in [6, 6.07) is 28.1. The zero-order valence-electron chi connectivity index (χ0n) is 11.9. The molecule has 3 aromatic rings. The minimum absolute atomic E-state index is 0.0625. The van der Waals surface area contributed by atoms with Crippen molar-refractivity contribution < 1.29 is 4.59 Å². The molecule has 0 spiro atoms. The second-order valence-electron chi connectivity index (χ2n) is 5.07. The van der Waals surface area contributed by atoms with E-state index in [9.17, 15) is 10.1 Å². The SMILES string of the molecule is O=[N+]([O-])[Si](c1ccccc1)(c1ccccc1)c1ccccc1. The van der Waals surface area contributed by atoms with Gasteiger partial charge < -0.3 is 0 Å². The minimum atomic E-state index is -3.28. The first-order chi connectivity index (χ1) is 10.8. The van der Waals surface area contributed by atoms with Crippen LogP contribution in [-0.4, -0.2) is 12.8 Å². The molecule has 3 rings (SSSR count). The first kappa shape index (κ1) is 14.2. The Morgan fingerprint density at radius 2 is 0.864 bits per heavy atom. The maximum absolute atomic E-state index is 12.3. The minimum Gasteiger partial charge on any atom is -0.288 e. The summed E-state index contributed by atoms with van der Waals surface area (Å²) in [6.45, 7) is 0. The predicted octanol–water partition coefficient (Wildman–Crippen LogP) is 1.93. The Balaban J connectivity index is 2.37.